The minimum absolute atomic E-state index is 0.211. The Labute approximate surface area is 268 Å². The molecule has 0 bridgehead atoms. The number of nitrogens with one attached hydrogen (secondary N) is 6. The highest BCUT2D eigenvalue weighted by molar-refractivity contribution is 5.98. The van der Waals surface area contributed by atoms with Gasteiger partial charge >= 0.3 is 0 Å². The highest BCUT2D eigenvalue weighted by atomic mass is 16.5. The molecule has 3 unspecified atom stereocenters. The van der Waals surface area contributed by atoms with Gasteiger partial charge in [-0.3, -0.25) is 29.2 Å². The second kappa shape index (κ2) is 20.3. The maximum atomic E-state index is 13.5. The lowest BCUT2D eigenvalue weighted by Gasteiger charge is -2.28. The van der Waals surface area contributed by atoms with Crippen LogP contribution in [0.5, 0.6) is 0 Å². The minimum Gasteiger partial charge on any atom is -0.355 e. The van der Waals surface area contributed by atoms with Crippen molar-refractivity contribution in [2.45, 2.75) is 118 Å². The monoisotopic (exact) mass is 634 g/mol. The highest BCUT2D eigenvalue weighted by Crippen LogP contribution is 2.12. The standard InChI is InChI=1S/C32H55N7O6/c1-9-13-26(37-32(44)27(21(7)10-2)38-29(41)23-14-16-39(45)17-15-23)31(43)35-24(18-20(5)6)19-34-22(8)28(40)36-25(11-3)30(42)33-12-4/h14-17,20-22,24-27,34H,9-13,18-19H2,1-8H3,(H5-,33,35,36,37,38,40,41,42,43,44,45)/p+1/t21-,22-,24?,25?,26-,27?/m0/s1. The molecule has 0 aliphatic heterocycles. The molecule has 45 heavy (non-hydrogen) atoms. The fourth-order valence-corrected chi connectivity index (χ4v) is 4.74. The van der Waals surface area contributed by atoms with Crippen molar-refractivity contribution in [2.75, 3.05) is 13.1 Å². The summed E-state index contributed by atoms with van der Waals surface area (Å²) >= 11 is 0. The molecule has 6 atom stereocenters. The number of rotatable bonds is 20. The molecule has 1 heterocycles. The van der Waals surface area contributed by atoms with E-state index < -0.39 is 36.0 Å². The predicted molar refractivity (Wildman–Crippen MR) is 171 cm³/mol. The topological polar surface area (TPSA) is 182 Å². The third-order valence-corrected chi connectivity index (χ3v) is 7.63. The van der Waals surface area contributed by atoms with E-state index >= 15 is 0 Å². The molecule has 0 saturated heterocycles. The van der Waals surface area contributed by atoms with E-state index in [0.717, 1.165) is 4.73 Å². The van der Waals surface area contributed by atoms with Crippen molar-refractivity contribution in [3.63, 3.8) is 0 Å². The van der Waals surface area contributed by atoms with Crippen LogP contribution in [0, 0.1) is 11.8 Å². The van der Waals surface area contributed by atoms with Crippen LogP contribution in [0.2, 0.25) is 0 Å². The first kappa shape index (κ1) is 39.3. The molecule has 13 heteroatoms. The zero-order valence-electron chi connectivity index (χ0n) is 28.2. The molecule has 13 nitrogen and oxygen atoms in total. The molecule has 0 radical (unpaired) electrons. The molecule has 0 spiro atoms. The average Bonchev–Trinajstić information content (AvgIpc) is 3.00. The third kappa shape index (κ3) is 13.8. The van der Waals surface area contributed by atoms with Crippen LogP contribution < -0.4 is 36.6 Å². The molecule has 1 rings (SSSR count). The molecule has 5 amide bonds. The van der Waals surface area contributed by atoms with Crippen LogP contribution in [0.3, 0.4) is 0 Å². The Balaban J connectivity index is 2.95. The molecule has 0 fully saturated rings. The number of hydrogen-bond acceptors (Lipinski definition) is 7. The molecule has 0 aromatic carbocycles. The second-order valence-electron chi connectivity index (χ2n) is 12.0. The van der Waals surface area contributed by atoms with Gasteiger partial charge in [-0.2, -0.15) is 0 Å². The van der Waals surface area contributed by atoms with E-state index in [0.29, 0.717) is 45.2 Å². The molecule has 1 aromatic heterocycles. The van der Waals surface area contributed by atoms with Crippen LogP contribution in [0.25, 0.3) is 0 Å². The number of pyridine rings is 1. The van der Waals surface area contributed by atoms with Gasteiger partial charge in [-0.1, -0.05) is 54.4 Å². The van der Waals surface area contributed by atoms with E-state index in [-0.39, 0.29) is 41.2 Å². The smallest absolute Gasteiger partial charge is 0.252 e. The Hall–Kier alpha value is -3.74. The van der Waals surface area contributed by atoms with Crippen LogP contribution in [0.1, 0.15) is 97.9 Å². The van der Waals surface area contributed by atoms with Gasteiger partial charge in [-0.05, 0) is 44.9 Å². The Morgan fingerprint density at radius 3 is 1.93 bits per heavy atom. The Kier molecular flexibility index (Phi) is 17.7. The highest BCUT2D eigenvalue weighted by Gasteiger charge is 2.31. The number of carbonyl (C=O) groups is 5. The fourth-order valence-electron chi connectivity index (χ4n) is 4.74. The van der Waals surface area contributed by atoms with Crippen molar-refractivity contribution in [1.82, 2.24) is 31.9 Å². The van der Waals surface area contributed by atoms with Crippen LogP contribution >= 0.6 is 0 Å². The maximum Gasteiger partial charge on any atom is 0.252 e. The van der Waals surface area contributed by atoms with E-state index in [2.05, 4.69) is 31.9 Å². The van der Waals surface area contributed by atoms with Crippen molar-refractivity contribution in [2.24, 2.45) is 11.8 Å². The zero-order valence-corrected chi connectivity index (χ0v) is 28.2. The molecule has 0 saturated carbocycles. The van der Waals surface area contributed by atoms with Crippen LogP contribution in [-0.2, 0) is 19.2 Å². The molecule has 7 N–H and O–H groups in total. The number of likely N-dealkylation sites (N-methyl/N-ethyl adjacent to an activating group) is 1. The quantitative estimate of drug-likeness (QED) is 0.0830. The SMILES string of the molecule is CCC[C@H](NC(=O)C(NC(=O)c1cc[n+](O)cc1)[C@@H](C)CC)C(=O)NC(CN[C@@H](C)C(=O)NC(CC)C(=O)NCC)CC(C)C. The predicted octanol–water partition coefficient (Wildman–Crippen LogP) is 1.18. The van der Waals surface area contributed by atoms with Crippen molar-refractivity contribution in [1.29, 1.82) is 0 Å². The maximum absolute atomic E-state index is 13.5. The van der Waals surface area contributed by atoms with E-state index in [4.69, 9.17) is 0 Å². The summed E-state index contributed by atoms with van der Waals surface area (Å²) in [5.74, 6) is -1.79. The summed E-state index contributed by atoms with van der Waals surface area (Å²) < 4.78 is 0.817. The number of aromatic nitrogens is 1. The summed E-state index contributed by atoms with van der Waals surface area (Å²) in [6.45, 7) is 15.9. The van der Waals surface area contributed by atoms with Gasteiger partial charge in [-0.15, -0.1) is 0 Å². The number of carbonyl (C=O) groups excluding carboxylic acids is 5. The van der Waals surface area contributed by atoms with Gasteiger partial charge in [0.2, 0.25) is 36.0 Å². The normalized spacial score (nSPS) is 15.1. The summed E-state index contributed by atoms with van der Waals surface area (Å²) in [5, 5.41) is 26.8. The third-order valence-electron chi connectivity index (χ3n) is 7.63. The van der Waals surface area contributed by atoms with E-state index in [1.54, 1.807) is 6.92 Å². The van der Waals surface area contributed by atoms with Crippen molar-refractivity contribution in [3.8, 4) is 0 Å². The first-order chi connectivity index (χ1) is 21.3. The van der Waals surface area contributed by atoms with Crippen molar-refractivity contribution < 1.29 is 33.9 Å². The van der Waals surface area contributed by atoms with Crippen molar-refractivity contribution >= 4 is 29.5 Å². The van der Waals surface area contributed by atoms with Gasteiger partial charge in [0.05, 0.1) is 11.6 Å². The van der Waals surface area contributed by atoms with Gasteiger partial charge in [0, 0.05) is 36.0 Å². The molecule has 0 aliphatic carbocycles. The van der Waals surface area contributed by atoms with Crippen LogP contribution in [0.4, 0.5) is 0 Å². The van der Waals surface area contributed by atoms with Crippen LogP contribution in [0.15, 0.2) is 24.5 Å². The van der Waals surface area contributed by atoms with Gasteiger partial charge in [-0.25, -0.2) is 0 Å². The minimum atomic E-state index is -0.880. The number of nitrogens with zero attached hydrogens (tertiary/aromatic N) is 1. The Bertz CT molecular complexity index is 1100. The summed E-state index contributed by atoms with van der Waals surface area (Å²) in [6.07, 6.45) is 5.37. The zero-order chi connectivity index (χ0) is 34.1. The summed E-state index contributed by atoms with van der Waals surface area (Å²) in [7, 11) is 0. The van der Waals surface area contributed by atoms with Gasteiger partial charge in [0.15, 0.2) is 0 Å². The molecule has 1 aromatic rings. The van der Waals surface area contributed by atoms with E-state index in [1.165, 1.54) is 24.5 Å². The first-order valence-corrected chi connectivity index (χ1v) is 16.2. The summed E-state index contributed by atoms with van der Waals surface area (Å²) in [5.41, 5.74) is 0.283. The molecule has 0 aliphatic rings. The molecular weight excluding hydrogens is 578 g/mol. The van der Waals surface area contributed by atoms with Gasteiger partial charge < -0.3 is 31.9 Å². The fraction of sp³-hybridized carbons (Fsp3) is 0.688. The Morgan fingerprint density at radius 2 is 1.40 bits per heavy atom. The van der Waals surface area contributed by atoms with Crippen molar-refractivity contribution in [3.05, 3.63) is 30.1 Å². The largest absolute Gasteiger partial charge is 0.355 e. The van der Waals surface area contributed by atoms with Crippen LogP contribution in [-0.4, -0.2) is 78.0 Å². The van der Waals surface area contributed by atoms with Gasteiger partial charge in [0.25, 0.3) is 5.91 Å². The average molecular weight is 635 g/mol. The number of hydrogen-bond donors (Lipinski definition) is 7. The molecule has 254 valence electrons. The summed E-state index contributed by atoms with van der Waals surface area (Å²) in [6, 6.07) is -0.399. The second-order valence-corrected chi connectivity index (χ2v) is 12.0. The Morgan fingerprint density at radius 1 is 0.778 bits per heavy atom. The lowest BCUT2D eigenvalue weighted by Crippen LogP contribution is -2.58. The molecular formula is C32H56N7O6+. The number of amides is 5. The van der Waals surface area contributed by atoms with E-state index in [9.17, 15) is 29.2 Å². The van der Waals surface area contributed by atoms with E-state index in [1.807, 2.05) is 48.5 Å². The van der Waals surface area contributed by atoms with Gasteiger partial charge in [0.1, 0.15) is 18.1 Å². The lowest BCUT2D eigenvalue weighted by molar-refractivity contribution is -0.904. The first-order valence-electron chi connectivity index (χ1n) is 16.2. The summed E-state index contributed by atoms with van der Waals surface area (Å²) in [4.78, 5) is 64.9. The lowest BCUT2D eigenvalue weighted by atomic mass is 9.97.